The highest BCUT2D eigenvalue weighted by atomic mass is 16.4. The van der Waals surface area contributed by atoms with Gasteiger partial charge in [0.1, 0.15) is 5.84 Å². The molecule has 0 spiro atoms. The summed E-state index contributed by atoms with van der Waals surface area (Å²) in [5, 5.41) is 11.3. The first-order valence-corrected chi connectivity index (χ1v) is 5.75. The minimum atomic E-state index is 0.333. The Kier molecular flexibility index (Phi) is 8.09. The normalized spacial score (nSPS) is 14.5. The molecule has 0 aliphatic rings. The Bertz CT molecular complexity index is 183. The highest BCUT2D eigenvalue weighted by Gasteiger charge is 2.03. The van der Waals surface area contributed by atoms with Gasteiger partial charge in [0.15, 0.2) is 0 Å². The summed E-state index contributed by atoms with van der Waals surface area (Å²) < 4.78 is 0. The summed E-state index contributed by atoms with van der Waals surface area (Å²) in [4.78, 5) is 2.35. The quantitative estimate of drug-likeness (QED) is 0.214. The van der Waals surface area contributed by atoms with Crippen LogP contribution in [0.3, 0.4) is 0 Å². The maximum atomic E-state index is 8.35. The van der Waals surface area contributed by atoms with Crippen molar-refractivity contribution in [1.29, 1.82) is 0 Å². The van der Waals surface area contributed by atoms with Gasteiger partial charge >= 0.3 is 0 Å². The van der Waals surface area contributed by atoms with Gasteiger partial charge < -0.3 is 15.8 Å². The van der Waals surface area contributed by atoms with Gasteiger partial charge in [-0.2, -0.15) is 0 Å². The van der Waals surface area contributed by atoms with Gasteiger partial charge in [0.2, 0.25) is 0 Å². The van der Waals surface area contributed by atoms with Gasteiger partial charge in [-0.25, -0.2) is 0 Å². The van der Waals surface area contributed by atoms with Crippen LogP contribution in [0.15, 0.2) is 5.16 Å². The van der Waals surface area contributed by atoms with Crippen molar-refractivity contribution >= 4 is 5.84 Å². The topological polar surface area (TPSA) is 61.8 Å². The molecular formula is C11H25N3O. The van der Waals surface area contributed by atoms with E-state index in [-0.39, 0.29) is 0 Å². The van der Waals surface area contributed by atoms with Gasteiger partial charge in [0.05, 0.1) is 0 Å². The molecule has 90 valence electrons. The summed E-state index contributed by atoms with van der Waals surface area (Å²) >= 11 is 0. The predicted molar refractivity (Wildman–Crippen MR) is 64.2 cm³/mol. The van der Waals surface area contributed by atoms with Crippen molar-refractivity contribution < 1.29 is 5.21 Å². The number of rotatable bonds is 8. The molecule has 0 rings (SSSR count). The standard InChI is InChI=1S/C11H25N3O/c1-4-10(2)9-14(3)8-6-5-7-11(12)13-15/h10,15H,4-9H2,1-3H3,(H2,12,13). The van der Waals surface area contributed by atoms with E-state index in [0.29, 0.717) is 12.3 Å². The Morgan fingerprint density at radius 2 is 2.13 bits per heavy atom. The number of nitrogens with two attached hydrogens (primary N) is 1. The van der Waals surface area contributed by atoms with Crippen molar-refractivity contribution in [3.05, 3.63) is 0 Å². The van der Waals surface area contributed by atoms with Crippen molar-refractivity contribution in [2.45, 2.75) is 39.5 Å². The second-order valence-corrected chi connectivity index (χ2v) is 4.32. The van der Waals surface area contributed by atoms with Crippen LogP contribution in [-0.2, 0) is 0 Å². The molecule has 4 heteroatoms. The van der Waals surface area contributed by atoms with E-state index in [0.717, 1.165) is 31.8 Å². The second-order valence-electron chi connectivity index (χ2n) is 4.32. The van der Waals surface area contributed by atoms with Crippen molar-refractivity contribution in [3.8, 4) is 0 Å². The largest absolute Gasteiger partial charge is 0.409 e. The summed E-state index contributed by atoms with van der Waals surface area (Å²) in [6.45, 7) is 6.73. The number of hydrogen-bond acceptors (Lipinski definition) is 3. The first-order valence-electron chi connectivity index (χ1n) is 5.75. The fourth-order valence-corrected chi connectivity index (χ4v) is 1.49. The van der Waals surface area contributed by atoms with Crippen LogP contribution in [0, 0.1) is 5.92 Å². The number of unbranched alkanes of at least 4 members (excludes halogenated alkanes) is 1. The Labute approximate surface area is 93.1 Å². The van der Waals surface area contributed by atoms with E-state index in [1.54, 1.807) is 0 Å². The minimum Gasteiger partial charge on any atom is -0.409 e. The van der Waals surface area contributed by atoms with Crippen LogP contribution >= 0.6 is 0 Å². The van der Waals surface area contributed by atoms with E-state index >= 15 is 0 Å². The molecule has 0 amide bonds. The van der Waals surface area contributed by atoms with Crippen molar-refractivity contribution in [3.63, 3.8) is 0 Å². The van der Waals surface area contributed by atoms with Crippen LogP contribution in [0.1, 0.15) is 39.5 Å². The fourth-order valence-electron chi connectivity index (χ4n) is 1.49. The molecular weight excluding hydrogens is 190 g/mol. The maximum absolute atomic E-state index is 8.35. The lowest BCUT2D eigenvalue weighted by Crippen LogP contribution is -2.25. The first-order chi connectivity index (χ1) is 7.10. The van der Waals surface area contributed by atoms with Gasteiger partial charge in [0.25, 0.3) is 0 Å². The lowest BCUT2D eigenvalue weighted by atomic mass is 10.1. The molecule has 0 aliphatic heterocycles. The lowest BCUT2D eigenvalue weighted by Gasteiger charge is -2.20. The second kappa shape index (κ2) is 8.53. The Hall–Kier alpha value is -0.770. The lowest BCUT2D eigenvalue weighted by molar-refractivity contribution is 0.277. The maximum Gasteiger partial charge on any atom is 0.139 e. The third kappa shape index (κ3) is 8.24. The van der Waals surface area contributed by atoms with Crippen LogP contribution in [0.2, 0.25) is 0 Å². The molecule has 1 atom stereocenters. The number of amidine groups is 1. The summed E-state index contributed by atoms with van der Waals surface area (Å²) in [5.74, 6) is 1.10. The SMILES string of the molecule is CCC(C)CN(C)CCCC/C(N)=N/O. The molecule has 0 bridgehead atoms. The van der Waals surface area contributed by atoms with Crippen LogP contribution < -0.4 is 5.73 Å². The number of hydrogen-bond donors (Lipinski definition) is 2. The zero-order valence-electron chi connectivity index (χ0n) is 10.2. The molecule has 0 radical (unpaired) electrons. The molecule has 0 saturated carbocycles. The van der Waals surface area contributed by atoms with Crippen LogP contribution in [0.5, 0.6) is 0 Å². The summed E-state index contributed by atoms with van der Waals surface area (Å²) in [5.41, 5.74) is 5.38. The summed E-state index contributed by atoms with van der Waals surface area (Å²) in [7, 11) is 2.15. The molecule has 0 aliphatic carbocycles. The molecule has 0 aromatic carbocycles. The van der Waals surface area contributed by atoms with Gasteiger partial charge in [-0.1, -0.05) is 25.4 Å². The Morgan fingerprint density at radius 3 is 2.67 bits per heavy atom. The summed E-state index contributed by atoms with van der Waals surface area (Å²) in [6, 6.07) is 0. The third-order valence-corrected chi connectivity index (χ3v) is 2.67. The average Bonchev–Trinajstić information content (AvgIpc) is 2.23. The van der Waals surface area contributed by atoms with Crippen LogP contribution in [-0.4, -0.2) is 36.1 Å². The minimum absolute atomic E-state index is 0.333. The number of nitrogens with zero attached hydrogens (tertiary/aromatic N) is 2. The molecule has 0 fully saturated rings. The van der Waals surface area contributed by atoms with E-state index in [1.165, 1.54) is 6.42 Å². The van der Waals surface area contributed by atoms with Gasteiger partial charge in [-0.3, -0.25) is 0 Å². The molecule has 0 aromatic heterocycles. The van der Waals surface area contributed by atoms with Crippen molar-refractivity contribution in [1.82, 2.24) is 4.90 Å². The molecule has 3 N–H and O–H groups in total. The van der Waals surface area contributed by atoms with Crippen LogP contribution in [0.4, 0.5) is 0 Å². The van der Waals surface area contributed by atoms with Gasteiger partial charge in [-0.15, -0.1) is 0 Å². The highest BCUT2D eigenvalue weighted by molar-refractivity contribution is 5.79. The third-order valence-electron chi connectivity index (χ3n) is 2.67. The molecule has 0 saturated heterocycles. The Morgan fingerprint density at radius 1 is 1.47 bits per heavy atom. The van der Waals surface area contributed by atoms with E-state index < -0.39 is 0 Å². The smallest absolute Gasteiger partial charge is 0.139 e. The monoisotopic (exact) mass is 215 g/mol. The molecule has 0 aromatic rings. The molecule has 4 nitrogen and oxygen atoms in total. The first kappa shape index (κ1) is 14.2. The average molecular weight is 215 g/mol. The van der Waals surface area contributed by atoms with E-state index in [9.17, 15) is 0 Å². The fraction of sp³-hybridized carbons (Fsp3) is 0.909. The van der Waals surface area contributed by atoms with Crippen LogP contribution in [0.25, 0.3) is 0 Å². The predicted octanol–water partition coefficient (Wildman–Crippen LogP) is 1.88. The molecule has 0 heterocycles. The van der Waals surface area contributed by atoms with E-state index in [2.05, 4.69) is 31.0 Å². The van der Waals surface area contributed by atoms with Gasteiger partial charge in [-0.05, 0) is 32.4 Å². The summed E-state index contributed by atoms with van der Waals surface area (Å²) in [6.07, 6.45) is 4.01. The number of oxime groups is 1. The van der Waals surface area contributed by atoms with E-state index in [4.69, 9.17) is 10.9 Å². The van der Waals surface area contributed by atoms with Crippen molar-refractivity contribution in [2.24, 2.45) is 16.8 Å². The molecule has 1 unspecified atom stereocenters. The zero-order valence-corrected chi connectivity index (χ0v) is 10.2. The Balaban J connectivity index is 3.43. The van der Waals surface area contributed by atoms with E-state index in [1.807, 2.05) is 0 Å². The highest BCUT2D eigenvalue weighted by Crippen LogP contribution is 2.04. The molecule has 15 heavy (non-hydrogen) atoms. The van der Waals surface area contributed by atoms with Gasteiger partial charge in [0, 0.05) is 13.0 Å². The zero-order chi connectivity index (χ0) is 11.7. The van der Waals surface area contributed by atoms with Crippen molar-refractivity contribution in [2.75, 3.05) is 20.1 Å².